The largest absolute Gasteiger partial charge is 0.369 e. The van der Waals surface area contributed by atoms with E-state index in [0.717, 1.165) is 55.8 Å². The van der Waals surface area contributed by atoms with E-state index >= 15 is 0 Å². The molecule has 0 radical (unpaired) electrons. The number of carbonyl (C=O) groups excluding carboxylic acids is 2. The van der Waals surface area contributed by atoms with Crippen molar-refractivity contribution in [2.24, 2.45) is 11.7 Å². The first-order chi connectivity index (χ1) is 12.5. The van der Waals surface area contributed by atoms with Crippen LogP contribution >= 0.6 is 11.3 Å². The quantitative estimate of drug-likeness (QED) is 0.759. The number of likely N-dealkylation sites (tertiary alicyclic amines) is 1. The van der Waals surface area contributed by atoms with Gasteiger partial charge in [0.15, 0.2) is 5.78 Å². The molecule has 0 spiro atoms. The van der Waals surface area contributed by atoms with Crippen LogP contribution in [0.1, 0.15) is 39.5 Å². The summed E-state index contributed by atoms with van der Waals surface area (Å²) in [6.45, 7) is 6.94. The van der Waals surface area contributed by atoms with Gasteiger partial charge in [-0.3, -0.25) is 14.5 Å². The van der Waals surface area contributed by atoms with Gasteiger partial charge in [0.1, 0.15) is 0 Å². The minimum absolute atomic E-state index is 0.0383. The van der Waals surface area contributed by atoms with E-state index in [-0.39, 0.29) is 17.6 Å². The van der Waals surface area contributed by atoms with E-state index in [4.69, 9.17) is 5.73 Å². The normalized spacial score (nSPS) is 16.1. The summed E-state index contributed by atoms with van der Waals surface area (Å²) in [5, 5.41) is 2.10. The van der Waals surface area contributed by atoms with Gasteiger partial charge in [-0.15, -0.1) is 11.3 Å². The van der Waals surface area contributed by atoms with Crippen LogP contribution in [0.5, 0.6) is 0 Å². The molecule has 1 aliphatic rings. The van der Waals surface area contributed by atoms with Gasteiger partial charge < -0.3 is 10.3 Å². The molecule has 2 aromatic heterocycles. The Balaban J connectivity index is 1.61. The molecule has 2 N–H and O–H groups in total. The van der Waals surface area contributed by atoms with Gasteiger partial charge in [0, 0.05) is 34.3 Å². The van der Waals surface area contributed by atoms with Crippen molar-refractivity contribution >= 4 is 23.0 Å². The number of nitrogens with zero attached hydrogens (tertiary/aromatic N) is 2. The number of hydrogen-bond acceptors (Lipinski definition) is 4. The molecule has 0 saturated carbocycles. The third kappa shape index (κ3) is 4.24. The molecular weight excluding hydrogens is 346 g/mol. The van der Waals surface area contributed by atoms with Gasteiger partial charge in [0.25, 0.3) is 0 Å². The molecule has 0 aromatic carbocycles. The third-order valence-corrected chi connectivity index (χ3v) is 6.33. The summed E-state index contributed by atoms with van der Waals surface area (Å²) >= 11 is 1.77. The van der Waals surface area contributed by atoms with Gasteiger partial charge in [-0.2, -0.15) is 0 Å². The number of ketones is 1. The highest BCUT2D eigenvalue weighted by atomic mass is 32.1. The highest BCUT2D eigenvalue weighted by Crippen LogP contribution is 2.20. The Morgan fingerprint density at radius 1 is 1.27 bits per heavy atom. The van der Waals surface area contributed by atoms with Gasteiger partial charge >= 0.3 is 0 Å². The van der Waals surface area contributed by atoms with Crippen molar-refractivity contribution in [2.45, 2.75) is 39.7 Å². The smallest absolute Gasteiger partial charge is 0.220 e. The van der Waals surface area contributed by atoms with Crippen LogP contribution in [0.2, 0.25) is 0 Å². The third-order valence-electron chi connectivity index (χ3n) is 5.39. The molecule has 0 unspecified atom stereocenters. The monoisotopic (exact) mass is 373 g/mol. The molecule has 3 heterocycles. The zero-order valence-electron chi connectivity index (χ0n) is 15.5. The van der Waals surface area contributed by atoms with Gasteiger partial charge in [-0.25, -0.2) is 0 Å². The molecule has 0 aliphatic carbocycles. The summed E-state index contributed by atoms with van der Waals surface area (Å²) in [6, 6.07) is 6.24. The zero-order valence-corrected chi connectivity index (χ0v) is 16.3. The van der Waals surface area contributed by atoms with Crippen LogP contribution in [0.3, 0.4) is 0 Å². The van der Waals surface area contributed by atoms with Crippen LogP contribution in [-0.2, 0) is 17.8 Å². The Morgan fingerprint density at radius 3 is 2.62 bits per heavy atom. The standard InChI is InChI=1S/C20H27N3O2S/c1-14-12-18(15(2)23(14)10-7-17-4-3-11-26-17)19(24)13-22-8-5-16(6-9-22)20(21)25/h3-4,11-12,16H,5-10,13H2,1-2H3,(H2,21,25). The number of Topliss-reactive ketones (excluding diaryl/α,β-unsaturated/α-hetero) is 1. The Kier molecular flexibility index (Phi) is 5.94. The van der Waals surface area contributed by atoms with Crippen LogP contribution in [0.4, 0.5) is 0 Å². The van der Waals surface area contributed by atoms with Crippen molar-refractivity contribution in [1.29, 1.82) is 0 Å². The van der Waals surface area contributed by atoms with Gasteiger partial charge in [-0.1, -0.05) is 6.07 Å². The van der Waals surface area contributed by atoms with E-state index in [1.165, 1.54) is 4.88 Å². The molecule has 0 atom stereocenters. The predicted molar refractivity (Wildman–Crippen MR) is 105 cm³/mol. The van der Waals surface area contributed by atoms with E-state index in [2.05, 4.69) is 33.9 Å². The number of carbonyl (C=O) groups is 2. The van der Waals surface area contributed by atoms with Crippen molar-refractivity contribution in [3.63, 3.8) is 0 Å². The highest BCUT2D eigenvalue weighted by Gasteiger charge is 2.25. The highest BCUT2D eigenvalue weighted by molar-refractivity contribution is 7.09. The molecule has 1 saturated heterocycles. The molecule has 1 amide bonds. The Bertz CT molecular complexity index is 771. The summed E-state index contributed by atoms with van der Waals surface area (Å²) in [6.07, 6.45) is 2.49. The number of aryl methyl sites for hydroxylation is 2. The Hall–Kier alpha value is -1.92. The summed E-state index contributed by atoms with van der Waals surface area (Å²) in [7, 11) is 0. The van der Waals surface area contributed by atoms with Crippen LogP contribution < -0.4 is 5.73 Å². The summed E-state index contributed by atoms with van der Waals surface area (Å²) in [5.41, 5.74) is 8.39. The lowest BCUT2D eigenvalue weighted by Crippen LogP contribution is -2.40. The molecule has 1 aliphatic heterocycles. The molecule has 26 heavy (non-hydrogen) atoms. The number of aromatic nitrogens is 1. The first-order valence-corrected chi connectivity index (χ1v) is 10.1. The maximum absolute atomic E-state index is 12.8. The second kappa shape index (κ2) is 8.18. The van der Waals surface area contributed by atoms with Crippen molar-refractivity contribution < 1.29 is 9.59 Å². The Morgan fingerprint density at radius 2 is 2.00 bits per heavy atom. The molecule has 3 rings (SSSR count). The number of hydrogen-bond donors (Lipinski definition) is 1. The van der Waals surface area contributed by atoms with Crippen molar-refractivity contribution in [3.8, 4) is 0 Å². The molecule has 5 nitrogen and oxygen atoms in total. The molecule has 6 heteroatoms. The number of rotatable bonds is 7. The van der Waals surface area contributed by atoms with Crippen LogP contribution in [0.25, 0.3) is 0 Å². The van der Waals surface area contributed by atoms with E-state index in [0.29, 0.717) is 6.54 Å². The predicted octanol–water partition coefficient (Wildman–Crippen LogP) is 2.79. The lowest BCUT2D eigenvalue weighted by molar-refractivity contribution is -0.123. The molecular formula is C20H27N3O2S. The molecule has 0 bridgehead atoms. The number of nitrogens with two attached hydrogens (primary N) is 1. The van der Waals surface area contributed by atoms with Crippen LogP contribution in [-0.4, -0.2) is 40.8 Å². The van der Waals surface area contributed by atoms with Crippen LogP contribution in [0, 0.1) is 19.8 Å². The number of amides is 1. The van der Waals surface area contributed by atoms with E-state index in [1.54, 1.807) is 11.3 Å². The number of thiophene rings is 1. The fraction of sp³-hybridized carbons (Fsp3) is 0.500. The minimum atomic E-state index is -0.217. The SMILES string of the molecule is Cc1cc(C(=O)CN2CCC(C(N)=O)CC2)c(C)n1CCc1cccs1. The number of primary amides is 1. The Labute approximate surface area is 158 Å². The van der Waals surface area contributed by atoms with Crippen LogP contribution in [0.15, 0.2) is 23.6 Å². The summed E-state index contributed by atoms with van der Waals surface area (Å²) in [5.74, 6) is -0.0908. The van der Waals surface area contributed by atoms with E-state index in [1.807, 2.05) is 13.0 Å². The average molecular weight is 374 g/mol. The van der Waals surface area contributed by atoms with E-state index in [9.17, 15) is 9.59 Å². The summed E-state index contributed by atoms with van der Waals surface area (Å²) in [4.78, 5) is 27.6. The maximum Gasteiger partial charge on any atom is 0.220 e. The first kappa shape index (κ1) is 18.9. The second-order valence-corrected chi connectivity index (χ2v) is 8.17. The zero-order chi connectivity index (χ0) is 18.7. The first-order valence-electron chi connectivity index (χ1n) is 9.19. The van der Waals surface area contributed by atoms with Crippen molar-refractivity contribution in [3.05, 3.63) is 45.4 Å². The maximum atomic E-state index is 12.8. The van der Waals surface area contributed by atoms with Gasteiger partial charge in [0.2, 0.25) is 5.91 Å². The molecule has 2 aromatic rings. The lowest BCUT2D eigenvalue weighted by Gasteiger charge is -2.29. The average Bonchev–Trinajstić information content (AvgIpc) is 3.22. The molecule has 1 fully saturated rings. The topological polar surface area (TPSA) is 68.3 Å². The van der Waals surface area contributed by atoms with E-state index < -0.39 is 0 Å². The van der Waals surface area contributed by atoms with Crippen molar-refractivity contribution in [1.82, 2.24) is 9.47 Å². The van der Waals surface area contributed by atoms with Gasteiger partial charge in [-0.05, 0) is 63.7 Å². The fourth-order valence-electron chi connectivity index (χ4n) is 3.77. The summed E-state index contributed by atoms with van der Waals surface area (Å²) < 4.78 is 2.24. The number of piperidine rings is 1. The lowest BCUT2D eigenvalue weighted by atomic mass is 9.96. The minimum Gasteiger partial charge on any atom is -0.369 e. The van der Waals surface area contributed by atoms with Crippen molar-refractivity contribution in [2.75, 3.05) is 19.6 Å². The fourth-order valence-corrected chi connectivity index (χ4v) is 4.47. The molecule has 140 valence electrons. The van der Waals surface area contributed by atoms with Gasteiger partial charge in [0.05, 0.1) is 6.54 Å². The second-order valence-electron chi connectivity index (χ2n) is 7.14.